The summed E-state index contributed by atoms with van der Waals surface area (Å²) in [4.78, 5) is 30.8. The molecule has 0 saturated heterocycles. The Morgan fingerprint density at radius 3 is 2.47 bits per heavy atom. The molecule has 1 aliphatic heterocycles. The van der Waals surface area contributed by atoms with Crippen LogP contribution in [0.4, 0.5) is 5.69 Å². The first-order chi connectivity index (χ1) is 23.4. The van der Waals surface area contributed by atoms with Crippen molar-refractivity contribution in [3.63, 3.8) is 0 Å². The summed E-state index contributed by atoms with van der Waals surface area (Å²) in [6.07, 6.45) is 1.95. The highest BCUT2D eigenvalue weighted by molar-refractivity contribution is 7.92. The molecule has 12 heteroatoms. The molecule has 0 radical (unpaired) electrons. The molecule has 0 fully saturated rings. The molecule has 1 aliphatic rings. The van der Waals surface area contributed by atoms with Gasteiger partial charge in [0.15, 0.2) is 0 Å². The average Bonchev–Trinajstić information content (AvgIpc) is 3.09. The van der Waals surface area contributed by atoms with E-state index in [1.807, 2.05) is 44.2 Å². The second-order valence-corrected chi connectivity index (χ2v) is 14.4. The van der Waals surface area contributed by atoms with Crippen molar-refractivity contribution in [2.24, 2.45) is 5.92 Å². The quantitative estimate of drug-likeness (QED) is 0.303. The fraction of sp³-hybridized carbons (Fsp3) is 0.459. The molecule has 0 aliphatic carbocycles. The number of carbonyl (C=O) groups is 2. The summed E-state index contributed by atoms with van der Waals surface area (Å²) in [5, 5.41) is 10.2. The number of sulfonamides is 1. The van der Waals surface area contributed by atoms with Crippen LogP contribution in [0, 0.1) is 5.92 Å². The molecule has 3 aromatic rings. The number of ether oxygens (including phenoxy) is 3. The predicted octanol–water partition coefficient (Wildman–Crippen LogP) is 4.99. The van der Waals surface area contributed by atoms with Gasteiger partial charge in [-0.25, -0.2) is 8.42 Å². The third-order valence-electron chi connectivity index (χ3n) is 8.75. The van der Waals surface area contributed by atoms with Crippen molar-refractivity contribution in [3.8, 4) is 11.5 Å². The smallest absolute Gasteiger partial charge is 0.261 e. The van der Waals surface area contributed by atoms with Crippen molar-refractivity contribution in [1.82, 2.24) is 9.80 Å². The van der Waals surface area contributed by atoms with Gasteiger partial charge in [0.2, 0.25) is 5.91 Å². The van der Waals surface area contributed by atoms with E-state index < -0.39 is 22.0 Å². The number of aliphatic hydroxyl groups is 1. The number of hydrogen-bond donors (Lipinski definition) is 2. The van der Waals surface area contributed by atoms with Crippen LogP contribution in [-0.2, 0) is 26.0 Å². The lowest BCUT2D eigenvalue weighted by molar-refractivity contribution is -0.131. The van der Waals surface area contributed by atoms with Gasteiger partial charge in [0, 0.05) is 38.3 Å². The number of methoxy groups -OCH3 is 1. The fourth-order valence-corrected chi connectivity index (χ4v) is 6.74. The first-order valence-electron chi connectivity index (χ1n) is 16.7. The van der Waals surface area contributed by atoms with Gasteiger partial charge in [-0.15, -0.1) is 0 Å². The highest BCUT2D eigenvalue weighted by atomic mass is 32.2. The van der Waals surface area contributed by atoms with E-state index >= 15 is 0 Å². The Morgan fingerprint density at radius 1 is 1.08 bits per heavy atom. The summed E-state index contributed by atoms with van der Waals surface area (Å²) in [5.41, 5.74) is 1.28. The molecule has 266 valence electrons. The fourth-order valence-electron chi connectivity index (χ4n) is 5.69. The largest absolute Gasteiger partial charge is 0.497 e. The van der Waals surface area contributed by atoms with E-state index in [0.29, 0.717) is 31.1 Å². The molecule has 11 nitrogen and oxygen atoms in total. The van der Waals surface area contributed by atoms with Gasteiger partial charge in [-0.1, -0.05) is 37.3 Å². The lowest BCUT2D eigenvalue weighted by Crippen LogP contribution is -2.48. The van der Waals surface area contributed by atoms with Gasteiger partial charge < -0.3 is 29.1 Å². The number of nitrogens with one attached hydrogen (secondary N) is 1. The van der Waals surface area contributed by atoms with Crippen molar-refractivity contribution in [3.05, 3.63) is 83.9 Å². The number of likely N-dealkylation sites (N-methyl/N-ethyl adjacent to an activating group) is 1. The number of amides is 2. The van der Waals surface area contributed by atoms with E-state index in [1.165, 1.54) is 25.3 Å². The van der Waals surface area contributed by atoms with Gasteiger partial charge >= 0.3 is 0 Å². The van der Waals surface area contributed by atoms with Gasteiger partial charge in [0.1, 0.15) is 11.5 Å². The molecule has 2 amide bonds. The van der Waals surface area contributed by atoms with Crippen molar-refractivity contribution in [1.29, 1.82) is 0 Å². The predicted molar refractivity (Wildman–Crippen MR) is 188 cm³/mol. The SMILES string of the molecule is COc1ccc(S(=O)(=O)Nc2ccc3c(c2)C(=O)N([C@@H](C)CO)C[C@H](C)[C@@H](CN(C)C(=O)Cc2ccccc2)OCCCC[C@H](C)O3)cc1. The van der Waals surface area contributed by atoms with Crippen LogP contribution in [0.2, 0.25) is 0 Å². The molecule has 2 N–H and O–H groups in total. The minimum absolute atomic E-state index is 0.0344. The zero-order valence-corrected chi connectivity index (χ0v) is 29.8. The van der Waals surface area contributed by atoms with Crippen molar-refractivity contribution >= 4 is 27.5 Å². The number of carbonyl (C=O) groups excluding carboxylic acids is 2. The van der Waals surface area contributed by atoms with Crippen LogP contribution in [0.1, 0.15) is 56.0 Å². The molecule has 3 aromatic carbocycles. The Morgan fingerprint density at radius 2 is 1.80 bits per heavy atom. The van der Waals surface area contributed by atoms with E-state index in [9.17, 15) is 23.1 Å². The lowest BCUT2D eigenvalue weighted by atomic mass is 10.0. The lowest BCUT2D eigenvalue weighted by Gasteiger charge is -2.36. The first kappa shape index (κ1) is 37.7. The Bertz CT molecular complexity index is 1640. The molecule has 4 rings (SSSR count). The van der Waals surface area contributed by atoms with Gasteiger partial charge in [-0.05, 0) is 81.1 Å². The highest BCUT2D eigenvalue weighted by Crippen LogP contribution is 2.30. The molecule has 0 aromatic heterocycles. The topological polar surface area (TPSA) is 135 Å². The molecule has 0 bridgehead atoms. The molecular formula is C37H49N3O8S. The second kappa shape index (κ2) is 17.5. The van der Waals surface area contributed by atoms with E-state index in [2.05, 4.69) is 4.72 Å². The second-order valence-electron chi connectivity index (χ2n) is 12.7. The summed E-state index contributed by atoms with van der Waals surface area (Å²) in [6.45, 7) is 6.37. The molecule has 0 saturated carbocycles. The van der Waals surface area contributed by atoms with Crippen LogP contribution in [0.15, 0.2) is 77.7 Å². The normalized spacial score (nSPS) is 19.9. The summed E-state index contributed by atoms with van der Waals surface area (Å²) in [5.74, 6) is 0.150. The van der Waals surface area contributed by atoms with Crippen LogP contribution in [-0.4, -0.2) is 93.8 Å². The molecule has 49 heavy (non-hydrogen) atoms. The van der Waals surface area contributed by atoms with Crippen LogP contribution in [0.3, 0.4) is 0 Å². The summed E-state index contributed by atoms with van der Waals surface area (Å²) >= 11 is 0. The van der Waals surface area contributed by atoms with Gasteiger partial charge in [0.05, 0.1) is 48.8 Å². The van der Waals surface area contributed by atoms with Crippen molar-refractivity contribution < 1.29 is 37.3 Å². The zero-order chi connectivity index (χ0) is 35.6. The monoisotopic (exact) mass is 695 g/mol. The number of fused-ring (bicyclic) bond motifs is 1. The molecule has 1 heterocycles. The van der Waals surface area contributed by atoms with Gasteiger partial charge in [-0.2, -0.15) is 0 Å². The minimum Gasteiger partial charge on any atom is -0.497 e. The maximum absolute atomic E-state index is 14.4. The average molecular weight is 696 g/mol. The summed E-state index contributed by atoms with van der Waals surface area (Å²) < 4.78 is 46.9. The third kappa shape index (κ3) is 10.4. The summed E-state index contributed by atoms with van der Waals surface area (Å²) in [6, 6.07) is 19.6. The van der Waals surface area contributed by atoms with Gasteiger partial charge in [-0.3, -0.25) is 14.3 Å². The van der Waals surface area contributed by atoms with Crippen molar-refractivity contribution in [2.45, 2.75) is 69.6 Å². The van der Waals surface area contributed by atoms with Crippen LogP contribution in [0.5, 0.6) is 11.5 Å². The number of benzene rings is 3. The number of nitrogens with zero attached hydrogens (tertiary/aromatic N) is 2. The zero-order valence-electron chi connectivity index (χ0n) is 29.0. The van der Waals surface area contributed by atoms with E-state index in [0.717, 1.165) is 18.4 Å². The number of aliphatic hydroxyl groups excluding tert-OH is 1. The Balaban J connectivity index is 1.63. The number of hydrogen-bond acceptors (Lipinski definition) is 8. The molecule has 4 atom stereocenters. The van der Waals surface area contributed by atoms with Crippen molar-refractivity contribution in [2.75, 3.05) is 45.2 Å². The van der Waals surface area contributed by atoms with E-state index in [4.69, 9.17) is 14.2 Å². The van der Waals surface area contributed by atoms with Crippen LogP contribution < -0.4 is 14.2 Å². The number of anilines is 1. The maximum Gasteiger partial charge on any atom is 0.261 e. The third-order valence-corrected chi connectivity index (χ3v) is 10.1. The Labute approximate surface area is 290 Å². The van der Waals surface area contributed by atoms with E-state index in [-0.39, 0.29) is 59.8 Å². The molecule has 0 unspecified atom stereocenters. The number of rotatable bonds is 10. The maximum atomic E-state index is 14.4. The van der Waals surface area contributed by atoms with Crippen LogP contribution >= 0.6 is 0 Å². The Hall–Kier alpha value is -4.13. The highest BCUT2D eigenvalue weighted by Gasteiger charge is 2.31. The Kier molecular flexibility index (Phi) is 13.5. The first-order valence-corrected chi connectivity index (χ1v) is 18.2. The van der Waals surface area contributed by atoms with Crippen LogP contribution in [0.25, 0.3) is 0 Å². The van der Waals surface area contributed by atoms with Gasteiger partial charge in [0.25, 0.3) is 15.9 Å². The summed E-state index contributed by atoms with van der Waals surface area (Å²) in [7, 11) is -0.733. The van der Waals surface area contributed by atoms with E-state index in [1.54, 1.807) is 48.0 Å². The molecular weight excluding hydrogens is 646 g/mol. The molecule has 0 spiro atoms. The minimum atomic E-state index is -3.99. The standard InChI is InChI=1S/C37H49N3O8S/c1-26-23-40(27(2)25-41)37(43)33-22-30(38-49(44,45)32-17-15-31(46-5)16-18-32)14-19-34(33)48-28(3)11-9-10-20-47-35(26)24-39(4)36(42)21-29-12-7-6-8-13-29/h6-8,12-19,22,26-28,35,38,41H,9-11,20-21,23-25H2,1-5H3/t26-,27-,28-,35+/m0/s1.